The van der Waals surface area contributed by atoms with E-state index in [2.05, 4.69) is 16.7 Å². The van der Waals surface area contributed by atoms with Gasteiger partial charge in [-0.1, -0.05) is 12.1 Å². The fourth-order valence-corrected chi connectivity index (χ4v) is 3.08. The summed E-state index contributed by atoms with van der Waals surface area (Å²) in [7, 11) is 5.38. The molecule has 0 saturated carbocycles. The molecule has 0 amide bonds. The zero-order valence-electron chi connectivity index (χ0n) is 18.0. The second kappa shape index (κ2) is 12.3. The summed E-state index contributed by atoms with van der Waals surface area (Å²) in [6.07, 6.45) is 0.970. The molecule has 0 aliphatic heterocycles. The van der Waals surface area contributed by atoms with Crippen molar-refractivity contribution in [2.45, 2.75) is 19.9 Å². The minimum Gasteiger partial charge on any atom is -0.497 e. The maximum absolute atomic E-state index is 14.5. The van der Waals surface area contributed by atoms with Crippen LogP contribution in [0, 0.1) is 5.82 Å². The fraction of sp³-hybridized carbons (Fsp3) is 0.478. The van der Waals surface area contributed by atoms with Gasteiger partial charge in [0.2, 0.25) is 0 Å². The van der Waals surface area contributed by atoms with Gasteiger partial charge in [-0.25, -0.2) is 4.39 Å². The SMILES string of the molecule is CCN(Cc1ccc(OCCN(C)CCCOC)c(F)c1)c1cccc(OC)c1. The van der Waals surface area contributed by atoms with Crippen LogP contribution in [0.1, 0.15) is 18.9 Å². The van der Waals surface area contributed by atoms with Crippen molar-refractivity contribution in [3.63, 3.8) is 0 Å². The van der Waals surface area contributed by atoms with Crippen molar-refractivity contribution in [2.75, 3.05) is 59.0 Å². The third kappa shape index (κ3) is 7.55. The summed E-state index contributed by atoms with van der Waals surface area (Å²) in [4.78, 5) is 4.32. The van der Waals surface area contributed by atoms with Crippen LogP contribution in [0.25, 0.3) is 0 Å². The number of methoxy groups -OCH3 is 2. The van der Waals surface area contributed by atoms with E-state index in [1.54, 1.807) is 26.4 Å². The predicted molar refractivity (Wildman–Crippen MR) is 116 cm³/mol. The van der Waals surface area contributed by atoms with E-state index in [0.29, 0.717) is 18.9 Å². The molecule has 0 bridgehead atoms. The lowest BCUT2D eigenvalue weighted by molar-refractivity contribution is 0.171. The van der Waals surface area contributed by atoms with E-state index in [-0.39, 0.29) is 5.82 Å². The average molecular weight is 405 g/mol. The van der Waals surface area contributed by atoms with Crippen molar-refractivity contribution in [3.8, 4) is 11.5 Å². The Morgan fingerprint density at radius 1 is 1.00 bits per heavy atom. The van der Waals surface area contributed by atoms with Gasteiger partial charge in [-0.15, -0.1) is 0 Å². The summed E-state index contributed by atoms with van der Waals surface area (Å²) in [6, 6.07) is 13.1. The van der Waals surface area contributed by atoms with Gasteiger partial charge in [0.15, 0.2) is 11.6 Å². The highest BCUT2D eigenvalue weighted by molar-refractivity contribution is 5.51. The third-order valence-electron chi connectivity index (χ3n) is 4.79. The molecule has 0 aliphatic rings. The average Bonchev–Trinajstić information content (AvgIpc) is 2.73. The maximum atomic E-state index is 14.5. The molecule has 2 aromatic carbocycles. The predicted octanol–water partition coefficient (Wildman–Crippen LogP) is 4.21. The molecule has 0 spiro atoms. The van der Waals surface area contributed by atoms with E-state index >= 15 is 0 Å². The summed E-state index contributed by atoms with van der Waals surface area (Å²) < 4.78 is 30.5. The summed E-state index contributed by atoms with van der Waals surface area (Å²) in [6.45, 7) is 6.36. The summed E-state index contributed by atoms with van der Waals surface area (Å²) in [5.74, 6) is 0.776. The number of halogens is 1. The Labute approximate surface area is 174 Å². The van der Waals surface area contributed by atoms with Crippen LogP contribution in [0.4, 0.5) is 10.1 Å². The van der Waals surface area contributed by atoms with Crippen LogP contribution < -0.4 is 14.4 Å². The molecule has 0 radical (unpaired) electrons. The molecule has 2 aromatic rings. The van der Waals surface area contributed by atoms with Gasteiger partial charge in [0.05, 0.1) is 7.11 Å². The molecule has 0 fully saturated rings. The van der Waals surface area contributed by atoms with Crippen molar-refractivity contribution >= 4 is 5.69 Å². The van der Waals surface area contributed by atoms with Crippen molar-refractivity contribution in [3.05, 3.63) is 53.8 Å². The Kier molecular flexibility index (Phi) is 9.74. The van der Waals surface area contributed by atoms with Crippen molar-refractivity contribution < 1.29 is 18.6 Å². The number of rotatable bonds is 13. The van der Waals surface area contributed by atoms with Crippen LogP contribution in [-0.2, 0) is 11.3 Å². The van der Waals surface area contributed by atoms with Crippen LogP contribution >= 0.6 is 0 Å². The highest BCUT2D eigenvalue weighted by atomic mass is 19.1. The topological polar surface area (TPSA) is 34.2 Å². The second-order valence-corrected chi connectivity index (χ2v) is 6.98. The number of nitrogens with zero attached hydrogens (tertiary/aromatic N) is 2. The fourth-order valence-electron chi connectivity index (χ4n) is 3.08. The first kappa shape index (κ1) is 23.0. The van der Waals surface area contributed by atoms with Gasteiger partial charge in [0, 0.05) is 51.6 Å². The Morgan fingerprint density at radius 3 is 2.52 bits per heavy atom. The number of benzene rings is 2. The van der Waals surface area contributed by atoms with Gasteiger partial charge in [0.1, 0.15) is 12.4 Å². The van der Waals surface area contributed by atoms with Crippen LogP contribution in [0.2, 0.25) is 0 Å². The monoisotopic (exact) mass is 404 g/mol. The molecule has 0 atom stereocenters. The number of hydrogen-bond acceptors (Lipinski definition) is 5. The zero-order chi connectivity index (χ0) is 21.1. The number of ether oxygens (including phenoxy) is 3. The molecule has 0 aromatic heterocycles. The Balaban J connectivity index is 1.90. The minimum absolute atomic E-state index is 0.295. The number of hydrogen-bond donors (Lipinski definition) is 0. The molecule has 5 nitrogen and oxygen atoms in total. The number of likely N-dealkylation sites (N-methyl/N-ethyl adjacent to an activating group) is 1. The third-order valence-corrected chi connectivity index (χ3v) is 4.79. The van der Waals surface area contributed by atoms with Crippen molar-refractivity contribution in [2.24, 2.45) is 0 Å². The van der Waals surface area contributed by atoms with Gasteiger partial charge in [-0.3, -0.25) is 0 Å². The van der Waals surface area contributed by atoms with Gasteiger partial charge < -0.3 is 24.0 Å². The molecule has 0 saturated heterocycles. The van der Waals surface area contributed by atoms with Gasteiger partial charge in [-0.05, 0) is 50.2 Å². The Hall–Kier alpha value is -2.31. The normalized spacial score (nSPS) is 11.0. The molecule has 0 heterocycles. The van der Waals surface area contributed by atoms with Crippen LogP contribution in [0.15, 0.2) is 42.5 Å². The standard InChI is InChI=1S/C23H33FN2O3/c1-5-26(20-8-6-9-21(17-20)28-4)18-19-10-11-23(22(24)16-19)29-15-13-25(2)12-7-14-27-3/h6,8-11,16-17H,5,7,12-15,18H2,1-4H3. The second-order valence-electron chi connectivity index (χ2n) is 6.98. The first-order chi connectivity index (χ1) is 14.1. The largest absolute Gasteiger partial charge is 0.497 e. The first-order valence-electron chi connectivity index (χ1n) is 10.0. The van der Waals surface area contributed by atoms with E-state index < -0.39 is 0 Å². The van der Waals surface area contributed by atoms with E-state index in [1.165, 1.54) is 0 Å². The minimum atomic E-state index is -0.328. The summed E-state index contributed by atoms with van der Waals surface area (Å²) in [5, 5.41) is 0. The maximum Gasteiger partial charge on any atom is 0.165 e. The van der Waals surface area contributed by atoms with Crippen molar-refractivity contribution in [1.29, 1.82) is 0 Å². The van der Waals surface area contributed by atoms with E-state index in [9.17, 15) is 4.39 Å². The van der Waals surface area contributed by atoms with E-state index in [4.69, 9.17) is 14.2 Å². The lowest BCUT2D eigenvalue weighted by Gasteiger charge is -2.24. The summed E-state index contributed by atoms with van der Waals surface area (Å²) >= 11 is 0. The van der Waals surface area contributed by atoms with Crippen LogP contribution in [0.3, 0.4) is 0 Å². The number of anilines is 1. The first-order valence-corrected chi connectivity index (χ1v) is 10.0. The van der Waals surface area contributed by atoms with Crippen LogP contribution in [-0.4, -0.2) is 59.0 Å². The quantitative estimate of drug-likeness (QED) is 0.467. The molecule has 0 unspecified atom stereocenters. The molecule has 6 heteroatoms. The molecule has 160 valence electrons. The zero-order valence-corrected chi connectivity index (χ0v) is 18.0. The molecule has 2 rings (SSSR count). The lowest BCUT2D eigenvalue weighted by Crippen LogP contribution is -2.26. The summed E-state index contributed by atoms with van der Waals surface area (Å²) in [5.41, 5.74) is 1.94. The van der Waals surface area contributed by atoms with E-state index in [1.807, 2.05) is 37.4 Å². The van der Waals surface area contributed by atoms with E-state index in [0.717, 1.165) is 49.7 Å². The highest BCUT2D eigenvalue weighted by Gasteiger charge is 2.10. The molecular formula is C23H33FN2O3. The lowest BCUT2D eigenvalue weighted by atomic mass is 10.1. The Bertz CT molecular complexity index is 742. The van der Waals surface area contributed by atoms with Gasteiger partial charge in [-0.2, -0.15) is 0 Å². The molecular weight excluding hydrogens is 371 g/mol. The van der Waals surface area contributed by atoms with Gasteiger partial charge in [0.25, 0.3) is 0 Å². The molecule has 29 heavy (non-hydrogen) atoms. The highest BCUT2D eigenvalue weighted by Crippen LogP contribution is 2.24. The van der Waals surface area contributed by atoms with Gasteiger partial charge >= 0.3 is 0 Å². The molecule has 0 aliphatic carbocycles. The smallest absolute Gasteiger partial charge is 0.165 e. The molecule has 0 N–H and O–H groups in total. The Morgan fingerprint density at radius 2 is 1.83 bits per heavy atom. The van der Waals surface area contributed by atoms with Crippen molar-refractivity contribution in [1.82, 2.24) is 4.90 Å². The van der Waals surface area contributed by atoms with Crippen LogP contribution in [0.5, 0.6) is 11.5 Å².